The van der Waals surface area contributed by atoms with E-state index in [4.69, 9.17) is 43.4 Å². The van der Waals surface area contributed by atoms with Gasteiger partial charge in [0.15, 0.2) is 11.6 Å². The molecule has 0 heterocycles. The minimum Gasteiger partial charge on any atom is -0.497 e. The topological polar surface area (TPSA) is 77.5 Å². The van der Waals surface area contributed by atoms with Gasteiger partial charge < -0.3 is 28.7 Å². The monoisotopic (exact) mass is 518 g/mol. The van der Waals surface area contributed by atoms with Crippen LogP contribution in [0.15, 0.2) is 36.4 Å². The Morgan fingerprint density at radius 1 is 0.686 bits per heavy atom. The summed E-state index contributed by atoms with van der Waals surface area (Å²) in [7, 11) is 9.58. The van der Waals surface area contributed by atoms with E-state index in [9.17, 15) is 9.59 Å². The molecule has 0 saturated heterocycles. The summed E-state index contributed by atoms with van der Waals surface area (Å²) < 4.78 is 21.3. The van der Waals surface area contributed by atoms with E-state index >= 15 is 0 Å². The summed E-state index contributed by atoms with van der Waals surface area (Å²) in [5.74, 6) is 1.83. The number of hydrogen-bond acceptors (Lipinski definition) is 8. The average Bonchev–Trinajstić information content (AvgIpc) is 2.86. The van der Waals surface area contributed by atoms with Gasteiger partial charge in [0.05, 0.1) is 59.1 Å². The Hall–Kier alpha value is -3.24. The molecule has 0 saturated carbocycles. The predicted molar refractivity (Wildman–Crippen MR) is 142 cm³/mol. The van der Waals surface area contributed by atoms with Gasteiger partial charge in [0.1, 0.15) is 33.0 Å². The van der Waals surface area contributed by atoms with Crippen molar-refractivity contribution in [3.63, 3.8) is 0 Å². The van der Waals surface area contributed by atoms with E-state index in [2.05, 4.69) is 0 Å². The van der Waals surface area contributed by atoms with Crippen LogP contribution in [0.1, 0.15) is 17.5 Å². The van der Waals surface area contributed by atoms with Crippen molar-refractivity contribution in [2.24, 2.45) is 0 Å². The Morgan fingerprint density at radius 3 is 1.37 bits per heavy atom. The van der Waals surface area contributed by atoms with Gasteiger partial charge in [-0.05, 0) is 36.4 Å². The van der Waals surface area contributed by atoms with Gasteiger partial charge in [-0.1, -0.05) is 24.4 Å². The second-order valence-electron chi connectivity index (χ2n) is 7.71. The van der Waals surface area contributed by atoms with Crippen LogP contribution in [-0.4, -0.2) is 87.0 Å². The van der Waals surface area contributed by atoms with Crippen LogP contribution in [0.3, 0.4) is 0 Å². The second kappa shape index (κ2) is 13.0. The van der Waals surface area contributed by atoms with Crippen molar-refractivity contribution in [3.8, 4) is 23.0 Å². The molecule has 0 atom stereocenters. The zero-order valence-electron chi connectivity index (χ0n) is 20.7. The zero-order chi connectivity index (χ0) is 26.1. The molecule has 0 N–H and O–H groups in total. The van der Waals surface area contributed by atoms with Crippen molar-refractivity contribution in [2.45, 2.75) is 6.42 Å². The van der Waals surface area contributed by atoms with Crippen molar-refractivity contribution < 1.29 is 28.5 Å². The second-order valence-corrected chi connectivity index (χ2v) is 8.48. The lowest BCUT2D eigenvalue weighted by atomic mass is 10.1. The molecule has 0 radical (unpaired) electrons. The van der Waals surface area contributed by atoms with Crippen molar-refractivity contribution in [2.75, 3.05) is 55.6 Å². The maximum Gasteiger partial charge on any atom is 0.159 e. The summed E-state index contributed by atoms with van der Waals surface area (Å²) in [6, 6.07) is 10.5. The highest BCUT2D eigenvalue weighted by molar-refractivity contribution is 7.81. The summed E-state index contributed by atoms with van der Waals surface area (Å²) in [6.45, 7) is -0.0500. The molecule has 8 nitrogen and oxygen atoms in total. The number of rotatable bonds is 12. The van der Waals surface area contributed by atoms with Crippen LogP contribution < -0.4 is 18.9 Å². The van der Waals surface area contributed by atoms with Crippen LogP contribution in [0.5, 0.6) is 23.0 Å². The van der Waals surface area contributed by atoms with Gasteiger partial charge in [0, 0.05) is 14.1 Å². The standard InChI is InChI=1S/C25H30N2O6S2/c1-26(24(34)20-12-18(30-3)7-9-22(20)32-5)14-16(28)11-17(29)15-27(2)25(35)21-13-19(31-4)8-10-23(21)33-6/h7-10,12-13H,11,14-15H2,1-6H3. The summed E-state index contributed by atoms with van der Waals surface area (Å²) in [4.78, 5) is 29.3. The van der Waals surface area contributed by atoms with Crippen molar-refractivity contribution >= 4 is 46.0 Å². The number of nitrogens with zero attached hydrogens (tertiary/aromatic N) is 2. The van der Waals surface area contributed by atoms with Gasteiger partial charge >= 0.3 is 0 Å². The quantitative estimate of drug-likeness (QED) is 0.309. The normalized spacial score (nSPS) is 10.2. The van der Waals surface area contributed by atoms with Crippen LogP contribution >= 0.6 is 24.4 Å². The van der Waals surface area contributed by atoms with E-state index in [0.29, 0.717) is 44.1 Å². The molecule has 0 amide bonds. The van der Waals surface area contributed by atoms with Crippen LogP contribution in [0, 0.1) is 0 Å². The molecular weight excluding hydrogens is 488 g/mol. The lowest BCUT2D eigenvalue weighted by Crippen LogP contribution is -2.35. The molecule has 0 bridgehead atoms. The highest BCUT2D eigenvalue weighted by atomic mass is 32.1. The highest BCUT2D eigenvalue weighted by Gasteiger charge is 2.20. The molecular formula is C25H30N2O6S2. The van der Waals surface area contributed by atoms with Gasteiger partial charge in [0.25, 0.3) is 0 Å². The molecule has 2 aromatic carbocycles. The largest absolute Gasteiger partial charge is 0.497 e. The summed E-state index contributed by atoms with van der Waals surface area (Å²) in [5.41, 5.74) is 1.25. The van der Waals surface area contributed by atoms with Crippen molar-refractivity contribution in [1.82, 2.24) is 9.80 Å². The first-order valence-electron chi connectivity index (χ1n) is 10.6. The van der Waals surface area contributed by atoms with E-state index in [1.165, 1.54) is 0 Å². The predicted octanol–water partition coefficient (Wildman–Crippen LogP) is 3.16. The Bertz CT molecular complexity index is 1020. The fraction of sp³-hybridized carbons (Fsp3) is 0.360. The number of methoxy groups -OCH3 is 4. The molecule has 2 rings (SSSR count). The third-order valence-corrected chi connectivity index (χ3v) is 6.25. The Balaban J connectivity index is 2.00. The van der Waals surface area contributed by atoms with Crippen LogP contribution in [-0.2, 0) is 9.59 Å². The van der Waals surface area contributed by atoms with E-state index in [1.807, 2.05) is 0 Å². The van der Waals surface area contributed by atoms with Crippen LogP contribution in [0.25, 0.3) is 0 Å². The first-order valence-corrected chi connectivity index (χ1v) is 11.4. The average molecular weight is 519 g/mol. The van der Waals surface area contributed by atoms with Gasteiger partial charge in [0.2, 0.25) is 0 Å². The van der Waals surface area contributed by atoms with E-state index in [-0.39, 0.29) is 31.1 Å². The van der Waals surface area contributed by atoms with E-state index in [1.54, 1.807) is 88.7 Å². The fourth-order valence-electron chi connectivity index (χ4n) is 3.38. The zero-order valence-corrected chi connectivity index (χ0v) is 22.4. The first-order chi connectivity index (χ1) is 16.6. The highest BCUT2D eigenvalue weighted by Crippen LogP contribution is 2.26. The molecule has 0 spiro atoms. The number of Topliss-reactive ketones (excluding diaryl/α,β-unsaturated/α-hetero) is 2. The number of ketones is 2. The molecule has 0 aliphatic heterocycles. The Labute approximate surface area is 216 Å². The van der Waals surface area contributed by atoms with Gasteiger partial charge in [-0.3, -0.25) is 9.59 Å². The molecule has 0 unspecified atom stereocenters. The Kier molecular flexibility index (Phi) is 10.4. The van der Waals surface area contributed by atoms with Crippen LogP contribution in [0.4, 0.5) is 0 Å². The van der Waals surface area contributed by atoms with Crippen molar-refractivity contribution in [3.05, 3.63) is 47.5 Å². The molecule has 10 heteroatoms. The summed E-state index contributed by atoms with van der Waals surface area (Å²) in [5, 5.41) is 0. The number of likely N-dealkylation sites (N-methyl/N-ethyl adjacent to an activating group) is 2. The molecule has 0 fully saturated rings. The smallest absolute Gasteiger partial charge is 0.159 e. The molecule has 0 aliphatic carbocycles. The van der Waals surface area contributed by atoms with Gasteiger partial charge in [-0.25, -0.2) is 0 Å². The number of carbonyl (C=O) groups excluding carboxylic acids is 2. The molecule has 0 aromatic heterocycles. The van der Waals surface area contributed by atoms with Gasteiger partial charge in [-0.2, -0.15) is 0 Å². The number of ether oxygens (including phenoxy) is 4. The molecule has 35 heavy (non-hydrogen) atoms. The first kappa shape index (κ1) is 28.0. The molecule has 0 aliphatic rings. The van der Waals surface area contributed by atoms with E-state index in [0.717, 1.165) is 0 Å². The maximum atomic E-state index is 12.6. The lowest BCUT2D eigenvalue weighted by molar-refractivity contribution is -0.127. The van der Waals surface area contributed by atoms with Gasteiger partial charge in [-0.15, -0.1) is 0 Å². The van der Waals surface area contributed by atoms with E-state index < -0.39 is 0 Å². The van der Waals surface area contributed by atoms with Crippen molar-refractivity contribution in [1.29, 1.82) is 0 Å². The SMILES string of the molecule is COc1ccc(OC)c(C(=S)N(C)CC(=O)CC(=O)CN(C)C(=S)c2cc(OC)ccc2OC)c1. The molecule has 188 valence electrons. The summed E-state index contributed by atoms with van der Waals surface area (Å²) >= 11 is 11.1. The number of thiocarbonyl (C=S) groups is 2. The maximum absolute atomic E-state index is 12.6. The fourth-order valence-corrected chi connectivity index (χ4v) is 3.83. The third kappa shape index (κ3) is 7.37. The Morgan fingerprint density at radius 2 is 1.06 bits per heavy atom. The minimum absolute atomic E-state index is 0.0250. The third-order valence-electron chi connectivity index (χ3n) is 5.19. The number of benzene rings is 2. The number of carbonyl (C=O) groups is 2. The van der Waals surface area contributed by atoms with Crippen LogP contribution in [0.2, 0.25) is 0 Å². The summed E-state index contributed by atoms with van der Waals surface area (Å²) in [6.07, 6.45) is -0.246. The molecule has 2 aromatic rings. The lowest BCUT2D eigenvalue weighted by Gasteiger charge is -2.22. The number of hydrogen-bond donors (Lipinski definition) is 0. The minimum atomic E-state index is -0.264.